The highest BCUT2D eigenvalue weighted by molar-refractivity contribution is 7.09. The van der Waals surface area contributed by atoms with Crippen molar-refractivity contribution in [3.05, 3.63) is 45.8 Å². The lowest BCUT2D eigenvalue weighted by Gasteiger charge is -2.09. The van der Waals surface area contributed by atoms with Crippen molar-refractivity contribution >= 4 is 11.3 Å². The van der Waals surface area contributed by atoms with Crippen molar-refractivity contribution in [2.24, 2.45) is 0 Å². The third kappa shape index (κ3) is 4.33. The molecule has 2 aromatic rings. The first-order valence-electron chi connectivity index (χ1n) is 6.62. The Balaban J connectivity index is 1.85. The molecule has 0 saturated carbocycles. The van der Waals surface area contributed by atoms with Gasteiger partial charge in [0.25, 0.3) is 0 Å². The Morgan fingerprint density at radius 2 is 2.21 bits per heavy atom. The predicted octanol–water partition coefficient (Wildman–Crippen LogP) is 3.18. The van der Waals surface area contributed by atoms with Crippen LogP contribution in [-0.2, 0) is 13.0 Å². The molecule has 4 heteroatoms. The van der Waals surface area contributed by atoms with Crippen LogP contribution in [0.4, 0.5) is 0 Å². The van der Waals surface area contributed by atoms with Crippen LogP contribution in [-0.4, -0.2) is 18.1 Å². The summed E-state index contributed by atoms with van der Waals surface area (Å²) in [7, 11) is 0. The number of aromatic nitrogens is 1. The van der Waals surface area contributed by atoms with Gasteiger partial charge in [0.1, 0.15) is 0 Å². The number of nitrogens with zero attached hydrogens (tertiary/aromatic N) is 1. The number of rotatable bonds is 7. The van der Waals surface area contributed by atoms with Gasteiger partial charge in [0, 0.05) is 29.6 Å². The zero-order valence-corrected chi connectivity index (χ0v) is 12.3. The van der Waals surface area contributed by atoms with Crippen LogP contribution in [0.1, 0.15) is 23.1 Å². The fourth-order valence-electron chi connectivity index (χ4n) is 1.80. The van der Waals surface area contributed by atoms with Crippen LogP contribution in [0.5, 0.6) is 5.88 Å². The van der Waals surface area contributed by atoms with Crippen molar-refractivity contribution in [3.8, 4) is 5.88 Å². The summed E-state index contributed by atoms with van der Waals surface area (Å²) in [5.74, 6) is 0.717. The molecule has 102 valence electrons. The molecule has 3 nitrogen and oxygen atoms in total. The molecule has 0 atom stereocenters. The monoisotopic (exact) mass is 276 g/mol. The molecule has 0 bridgehead atoms. The quantitative estimate of drug-likeness (QED) is 0.843. The van der Waals surface area contributed by atoms with Crippen molar-refractivity contribution in [2.75, 3.05) is 13.2 Å². The van der Waals surface area contributed by atoms with Gasteiger partial charge in [0.15, 0.2) is 0 Å². The standard InChI is InChI=1S/C15H20N2OS/c1-3-16-11-13-6-7-15(17-12(13)2)18-9-8-14-5-4-10-19-14/h4-7,10,16H,3,8-9,11H2,1-2H3. The van der Waals surface area contributed by atoms with E-state index >= 15 is 0 Å². The molecule has 0 aliphatic carbocycles. The van der Waals surface area contributed by atoms with Crippen LogP contribution < -0.4 is 10.1 Å². The van der Waals surface area contributed by atoms with Gasteiger partial charge in [-0.2, -0.15) is 0 Å². The Bertz CT molecular complexity index is 497. The average Bonchev–Trinajstić information content (AvgIpc) is 2.91. The van der Waals surface area contributed by atoms with Gasteiger partial charge in [-0.3, -0.25) is 0 Å². The van der Waals surface area contributed by atoms with Crippen molar-refractivity contribution in [3.63, 3.8) is 0 Å². The Morgan fingerprint density at radius 3 is 2.89 bits per heavy atom. The summed E-state index contributed by atoms with van der Waals surface area (Å²) in [6.07, 6.45) is 0.942. The molecule has 19 heavy (non-hydrogen) atoms. The predicted molar refractivity (Wildman–Crippen MR) is 79.9 cm³/mol. The second-order valence-corrected chi connectivity index (χ2v) is 5.38. The molecule has 0 aliphatic heterocycles. The van der Waals surface area contributed by atoms with E-state index in [1.807, 2.05) is 13.0 Å². The van der Waals surface area contributed by atoms with Crippen molar-refractivity contribution in [1.82, 2.24) is 10.3 Å². The minimum Gasteiger partial charge on any atom is -0.477 e. The van der Waals surface area contributed by atoms with E-state index in [9.17, 15) is 0 Å². The van der Waals surface area contributed by atoms with Crippen LogP contribution in [0.2, 0.25) is 0 Å². The molecule has 0 amide bonds. The summed E-state index contributed by atoms with van der Waals surface area (Å²) in [6.45, 7) is 6.65. The fraction of sp³-hybridized carbons (Fsp3) is 0.400. The second kappa shape index (κ2) is 7.26. The van der Waals surface area contributed by atoms with E-state index in [0.29, 0.717) is 12.5 Å². The minimum atomic E-state index is 0.680. The molecule has 0 saturated heterocycles. The molecule has 0 spiro atoms. The maximum Gasteiger partial charge on any atom is 0.213 e. The van der Waals surface area contributed by atoms with Gasteiger partial charge in [0.05, 0.1) is 6.61 Å². The first-order chi connectivity index (χ1) is 9.29. The van der Waals surface area contributed by atoms with Crippen LogP contribution in [0.3, 0.4) is 0 Å². The van der Waals surface area contributed by atoms with E-state index < -0.39 is 0 Å². The Labute approximate surface area is 118 Å². The van der Waals surface area contributed by atoms with Crippen LogP contribution in [0.15, 0.2) is 29.6 Å². The number of ether oxygens (including phenoxy) is 1. The van der Waals surface area contributed by atoms with E-state index in [0.717, 1.165) is 25.2 Å². The summed E-state index contributed by atoms with van der Waals surface area (Å²) in [5.41, 5.74) is 2.27. The van der Waals surface area contributed by atoms with E-state index in [1.165, 1.54) is 10.4 Å². The van der Waals surface area contributed by atoms with E-state index in [4.69, 9.17) is 4.74 Å². The molecule has 1 N–H and O–H groups in total. The third-order valence-electron chi connectivity index (χ3n) is 2.91. The van der Waals surface area contributed by atoms with Gasteiger partial charge in [-0.25, -0.2) is 4.98 Å². The average molecular weight is 276 g/mol. The first kappa shape index (κ1) is 14.0. The highest BCUT2D eigenvalue weighted by Gasteiger charge is 2.02. The van der Waals surface area contributed by atoms with Gasteiger partial charge >= 0.3 is 0 Å². The molecule has 0 unspecified atom stereocenters. The summed E-state index contributed by atoms with van der Waals surface area (Å²) >= 11 is 1.76. The van der Waals surface area contributed by atoms with Gasteiger partial charge in [-0.1, -0.05) is 19.1 Å². The van der Waals surface area contributed by atoms with Gasteiger partial charge in [-0.15, -0.1) is 11.3 Å². The highest BCUT2D eigenvalue weighted by atomic mass is 32.1. The largest absolute Gasteiger partial charge is 0.477 e. The number of nitrogens with one attached hydrogen (secondary N) is 1. The third-order valence-corrected chi connectivity index (χ3v) is 3.85. The van der Waals surface area contributed by atoms with Gasteiger partial charge < -0.3 is 10.1 Å². The minimum absolute atomic E-state index is 0.680. The molecule has 0 aromatic carbocycles. The number of hydrogen-bond acceptors (Lipinski definition) is 4. The van der Waals surface area contributed by atoms with E-state index in [1.54, 1.807) is 11.3 Å². The normalized spacial score (nSPS) is 10.6. The number of aryl methyl sites for hydroxylation is 1. The van der Waals surface area contributed by atoms with Gasteiger partial charge in [-0.05, 0) is 30.5 Å². The van der Waals surface area contributed by atoms with Crippen molar-refractivity contribution in [1.29, 1.82) is 0 Å². The SMILES string of the molecule is CCNCc1ccc(OCCc2cccs2)nc1C. The lowest BCUT2D eigenvalue weighted by atomic mass is 10.2. The first-order valence-corrected chi connectivity index (χ1v) is 7.50. The molecule has 2 rings (SSSR count). The topological polar surface area (TPSA) is 34.1 Å². The number of hydrogen-bond donors (Lipinski definition) is 1. The van der Waals surface area contributed by atoms with Crippen molar-refractivity contribution < 1.29 is 4.74 Å². The maximum absolute atomic E-state index is 5.69. The van der Waals surface area contributed by atoms with E-state index in [2.05, 4.69) is 40.8 Å². The maximum atomic E-state index is 5.69. The summed E-state index contributed by atoms with van der Waals surface area (Å²) in [5, 5.41) is 5.40. The molecule has 2 heterocycles. The number of pyridine rings is 1. The second-order valence-electron chi connectivity index (χ2n) is 4.35. The van der Waals surface area contributed by atoms with E-state index in [-0.39, 0.29) is 0 Å². The fourth-order valence-corrected chi connectivity index (χ4v) is 2.50. The molecule has 0 fully saturated rings. The lowest BCUT2D eigenvalue weighted by Crippen LogP contribution is -2.13. The lowest BCUT2D eigenvalue weighted by molar-refractivity contribution is 0.309. The zero-order valence-electron chi connectivity index (χ0n) is 11.5. The Kier molecular flexibility index (Phi) is 5.36. The van der Waals surface area contributed by atoms with Crippen LogP contribution in [0.25, 0.3) is 0 Å². The van der Waals surface area contributed by atoms with Crippen molar-refractivity contribution in [2.45, 2.75) is 26.8 Å². The van der Waals surface area contributed by atoms with Gasteiger partial charge in [0.2, 0.25) is 5.88 Å². The zero-order chi connectivity index (χ0) is 13.5. The molecule has 2 aromatic heterocycles. The van der Waals surface area contributed by atoms with Crippen LogP contribution in [0, 0.1) is 6.92 Å². The summed E-state index contributed by atoms with van der Waals surface area (Å²) < 4.78 is 5.69. The highest BCUT2D eigenvalue weighted by Crippen LogP contribution is 2.14. The molecule has 0 aliphatic rings. The molecule has 0 radical (unpaired) electrons. The Morgan fingerprint density at radius 1 is 1.32 bits per heavy atom. The van der Waals surface area contributed by atoms with Crippen LogP contribution >= 0.6 is 11.3 Å². The Hall–Kier alpha value is -1.39. The smallest absolute Gasteiger partial charge is 0.213 e. The molecular formula is C15H20N2OS. The summed E-state index contributed by atoms with van der Waals surface area (Å²) in [6, 6.07) is 8.24. The summed E-state index contributed by atoms with van der Waals surface area (Å²) in [4.78, 5) is 5.83. The molecular weight excluding hydrogens is 256 g/mol. The number of thiophene rings is 1.